The van der Waals surface area contributed by atoms with Crippen LogP contribution in [0.5, 0.6) is 0 Å². The van der Waals surface area contributed by atoms with Gasteiger partial charge in [-0.05, 0) is 43.5 Å². The van der Waals surface area contributed by atoms with Gasteiger partial charge in [-0.3, -0.25) is 4.79 Å². The maximum absolute atomic E-state index is 13.2. The molecule has 152 valence electrons. The Morgan fingerprint density at radius 2 is 2.07 bits per heavy atom. The highest BCUT2D eigenvalue weighted by Crippen LogP contribution is 2.28. The van der Waals surface area contributed by atoms with Crippen LogP contribution in [0.3, 0.4) is 0 Å². The van der Waals surface area contributed by atoms with Crippen LogP contribution >= 0.6 is 0 Å². The summed E-state index contributed by atoms with van der Waals surface area (Å²) in [6.07, 6.45) is 3.36. The van der Waals surface area contributed by atoms with Gasteiger partial charge in [-0.15, -0.1) is 0 Å². The molecule has 0 atom stereocenters. The Bertz CT molecular complexity index is 1010. The summed E-state index contributed by atoms with van der Waals surface area (Å²) >= 11 is 0. The van der Waals surface area contributed by atoms with Gasteiger partial charge < -0.3 is 9.26 Å². The lowest BCUT2D eigenvalue weighted by Crippen LogP contribution is -2.08. The molecule has 8 heteroatoms. The summed E-state index contributed by atoms with van der Waals surface area (Å²) < 4.78 is 25.6. The number of hydrogen-bond donors (Lipinski definition) is 0. The largest absolute Gasteiger partial charge is 0.459 e. The number of fused-ring (bicyclic) bond motifs is 1. The first-order chi connectivity index (χ1) is 14.0. The number of carbonyl (C=O) groups is 1. The molecular weight excluding hydrogens is 375 g/mol. The SMILES string of the molecule is CC(C)c1noc(CCC(=O)OCc2nn(-c3ccc(F)cc3)c3c2CCC3)n1. The number of benzene rings is 1. The second kappa shape index (κ2) is 8.14. The summed E-state index contributed by atoms with van der Waals surface area (Å²) in [5, 5.41) is 8.51. The zero-order valence-electron chi connectivity index (χ0n) is 16.5. The number of nitrogens with zero attached hydrogens (tertiary/aromatic N) is 4. The molecule has 0 radical (unpaired) electrons. The second-order valence-electron chi connectivity index (χ2n) is 7.48. The summed E-state index contributed by atoms with van der Waals surface area (Å²) in [5.74, 6) is 0.631. The molecule has 0 bridgehead atoms. The van der Waals surface area contributed by atoms with E-state index in [-0.39, 0.29) is 30.7 Å². The van der Waals surface area contributed by atoms with Crippen LogP contribution in [0.1, 0.15) is 61.3 Å². The molecule has 0 spiro atoms. The number of hydrogen-bond acceptors (Lipinski definition) is 6. The number of halogens is 1. The van der Waals surface area contributed by atoms with Crippen molar-refractivity contribution in [2.24, 2.45) is 0 Å². The van der Waals surface area contributed by atoms with Gasteiger partial charge in [0.25, 0.3) is 0 Å². The molecule has 4 rings (SSSR count). The molecule has 2 heterocycles. The standard InChI is InChI=1S/C21H23FN4O3/c1-13(2)21-23-19(29-25-21)10-11-20(27)28-12-17-16-4-3-5-18(16)26(24-17)15-8-6-14(22)7-9-15/h6-9,13H,3-5,10-12H2,1-2H3. The van der Waals surface area contributed by atoms with Gasteiger partial charge in [0.2, 0.25) is 5.89 Å². The highest BCUT2D eigenvalue weighted by molar-refractivity contribution is 5.69. The predicted molar refractivity (Wildman–Crippen MR) is 102 cm³/mol. The third-order valence-corrected chi connectivity index (χ3v) is 5.00. The van der Waals surface area contributed by atoms with E-state index in [0.29, 0.717) is 18.1 Å². The third kappa shape index (κ3) is 4.21. The zero-order valence-corrected chi connectivity index (χ0v) is 16.5. The van der Waals surface area contributed by atoms with Gasteiger partial charge in [-0.2, -0.15) is 10.1 Å². The number of carbonyl (C=O) groups excluding carboxylic acids is 1. The molecule has 7 nitrogen and oxygen atoms in total. The van der Waals surface area contributed by atoms with E-state index in [4.69, 9.17) is 9.26 Å². The topological polar surface area (TPSA) is 83.0 Å². The Morgan fingerprint density at radius 1 is 1.28 bits per heavy atom. The fourth-order valence-electron chi connectivity index (χ4n) is 3.46. The van der Waals surface area contributed by atoms with Gasteiger partial charge in [0.15, 0.2) is 5.82 Å². The van der Waals surface area contributed by atoms with E-state index >= 15 is 0 Å². The van der Waals surface area contributed by atoms with Crippen LogP contribution in [-0.2, 0) is 35.4 Å². The minimum Gasteiger partial charge on any atom is -0.459 e. The van der Waals surface area contributed by atoms with Crippen LogP contribution in [0.4, 0.5) is 4.39 Å². The van der Waals surface area contributed by atoms with E-state index in [1.54, 1.807) is 12.1 Å². The van der Waals surface area contributed by atoms with E-state index in [1.807, 2.05) is 18.5 Å². The summed E-state index contributed by atoms with van der Waals surface area (Å²) in [4.78, 5) is 16.4. The number of esters is 1. The highest BCUT2D eigenvalue weighted by Gasteiger charge is 2.24. The molecule has 2 aromatic heterocycles. The lowest BCUT2D eigenvalue weighted by molar-refractivity contribution is -0.145. The Hall–Kier alpha value is -3.03. The summed E-state index contributed by atoms with van der Waals surface area (Å²) in [6, 6.07) is 6.24. The molecule has 0 N–H and O–H groups in total. The number of rotatable bonds is 7. The van der Waals surface area contributed by atoms with Gasteiger partial charge >= 0.3 is 5.97 Å². The fraction of sp³-hybridized carbons (Fsp3) is 0.429. The quantitative estimate of drug-likeness (QED) is 0.565. The molecule has 0 amide bonds. The van der Waals surface area contributed by atoms with E-state index < -0.39 is 0 Å². The van der Waals surface area contributed by atoms with Crippen molar-refractivity contribution in [3.63, 3.8) is 0 Å². The van der Waals surface area contributed by atoms with E-state index in [2.05, 4.69) is 15.2 Å². The molecular formula is C21H23FN4O3. The van der Waals surface area contributed by atoms with Crippen LogP contribution in [0.15, 0.2) is 28.8 Å². The minimum absolute atomic E-state index is 0.121. The van der Waals surface area contributed by atoms with Crippen molar-refractivity contribution < 1.29 is 18.4 Å². The van der Waals surface area contributed by atoms with Crippen LogP contribution in [0.2, 0.25) is 0 Å². The average Bonchev–Trinajstić information content (AvgIpc) is 3.42. The predicted octanol–water partition coefficient (Wildman–Crippen LogP) is 3.68. The summed E-state index contributed by atoms with van der Waals surface area (Å²) in [7, 11) is 0. The molecule has 0 saturated heterocycles. The monoisotopic (exact) mass is 398 g/mol. The zero-order chi connectivity index (χ0) is 20.4. The lowest BCUT2D eigenvalue weighted by atomic mass is 10.2. The van der Waals surface area contributed by atoms with Crippen LogP contribution < -0.4 is 0 Å². The van der Waals surface area contributed by atoms with Crippen molar-refractivity contribution in [3.05, 3.63) is 58.7 Å². The fourth-order valence-corrected chi connectivity index (χ4v) is 3.46. The van der Waals surface area contributed by atoms with Gasteiger partial charge in [0, 0.05) is 23.6 Å². The molecule has 0 saturated carbocycles. The Labute approximate surface area is 167 Å². The molecule has 0 fully saturated rings. The minimum atomic E-state index is -0.336. The van der Waals surface area contributed by atoms with Crippen molar-refractivity contribution in [3.8, 4) is 5.69 Å². The first-order valence-electron chi connectivity index (χ1n) is 9.85. The summed E-state index contributed by atoms with van der Waals surface area (Å²) in [5.41, 5.74) is 3.80. The van der Waals surface area contributed by atoms with Crippen molar-refractivity contribution >= 4 is 5.97 Å². The summed E-state index contributed by atoms with van der Waals surface area (Å²) in [6.45, 7) is 4.08. The maximum Gasteiger partial charge on any atom is 0.306 e. The maximum atomic E-state index is 13.2. The molecule has 0 aliphatic heterocycles. The smallest absolute Gasteiger partial charge is 0.306 e. The van der Waals surface area contributed by atoms with Gasteiger partial charge in [-0.1, -0.05) is 19.0 Å². The van der Waals surface area contributed by atoms with Crippen LogP contribution in [0.25, 0.3) is 5.69 Å². The van der Waals surface area contributed by atoms with Gasteiger partial charge in [0.1, 0.15) is 18.1 Å². The number of ether oxygens (including phenoxy) is 1. The molecule has 1 aliphatic rings. The molecule has 1 aromatic carbocycles. The second-order valence-corrected chi connectivity index (χ2v) is 7.48. The highest BCUT2D eigenvalue weighted by atomic mass is 19.1. The van der Waals surface area contributed by atoms with E-state index in [9.17, 15) is 9.18 Å². The first-order valence-corrected chi connectivity index (χ1v) is 9.85. The van der Waals surface area contributed by atoms with E-state index in [0.717, 1.165) is 41.9 Å². The van der Waals surface area contributed by atoms with Crippen molar-refractivity contribution in [1.29, 1.82) is 0 Å². The molecule has 29 heavy (non-hydrogen) atoms. The van der Waals surface area contributed by atoms with Gasteiger partial charge in [-0.25, -0.2) is 9.07 Å². The molecule has 3 aromatic rings. The van der Waals surface area contributed by atoms with Gasteiger partial charge in [0.05, 0.1) is 12.1 Å². The van der Waals surface area contributed by atoms with Crippen molar-refractivity contribution in [2.45, 2.75) is 58.5 Å². The van der Waals surface area contributed by atoms with Crippen molar-refractivity contribution in [2.75, 3.05) is 0 Å². The third-order valence-electron chi connectivity index (χ3n) is 5.00. The Morgan fingerprint density at radius 3 is 2.79 bits per heavy atom. The molecule has 0 unspecified atom stereocenters. The lowest BCUT2D eigenvalue weighted by Gasteiger charge is -2.05. The number of aryl methyl sites for hydroxylation is 1. The molecule has 1 aliphatic carbocycles. The normalized spacial score (nSPS) is 13.1. The van der Waals surface area contributed by atoms with Crippen LogP contribution in [0, 0.1) is 5.82 Å². The Kier molecular flexibility index (Phi) is 5.42. The number of aromatic nitrogens is 4. The van der Waals surface area contributed by atoms with E-state index in [1.165, 1.54) is 12.1 Å². The Balaban J connectivity index is 1.38. The van der Waals surface area contributed by atoms with Crippen molar-refractivity contribution in [1.82, 2.24) is 19.9 Å². The first kappa shape index (κ1) is 19.3. The average molecular weight is 398 g/mol. The van der Waals surface area contributed by atoms with Crippen LogP contribution in [-0.4, -0.2) is 25.9 Å².